The van der Waals surface area contributed by atoms with Gasteiger partial charge in [0.15, 0.2) is 0 Å². The van der Waals surface area contributed by atoms with E-state index in [-0.39, 0.29) is 0 Å². The summed E-state index contributed by atoms with van der Waals surface area (Å²) < 4.78 is 5.53. The zero-order valence-electron chi connectivity index (χ0n) is 11.2. The molecule has 1 saturated carbocycles. The van der Waals surface area contributed by atoms with Gasteiger partial charge < -0.3 is 9.84 Å². The Hall–Kier alpha value is -0.830. The van der Waals surface area contributed by atoms with Gasteiger partial charge in [0.25, 0.3) is 0 Å². The van der Waals surface area contributed by atoms with Crippen molar-refractivity contribution in [2.24, 2.45) is 0 Å². The van der Waals surface area contributed by atoms with Gasteiger partial charge in [0.2, 0.25) is 0 Å². The number of hydrogen-bond donors (Lipinski definition) is 1. The Kier molecular flexibility index (Phi) is 3.99. The summed E-state index contributed by atoms with van der Waals surface area (Å²) in [6.45, 7) is 1.16. The first-order chi connectivity index (χ1) is 8.93. The molecule has 0 radical (unpaired) electrons. The van der Waals surface area contributed by atoms with Gasteiger partial charge in [0.05, 0.1) is 6.20 Å². The van der Waals surface area contributed by atoms with E-state index < -0.39 is 0 Å². The summed E-state index contributed by atoms with van der Waals surface area (Å²) >= 11 is 0. The Morgan fingerprint density at radius 2 is 1.94 bits per heavy atom. The van der Waals surface area contributed by atoms with Crippen molar-refractivity contribution < 1.29 is 4.52 Å². The highest BCUT2D eigenvalue weighted by Gasteiger charge is 2.23. The van der Waals surface area contributed by atoms with E-state index in [1.54, 1.807) is 0 Å². The fourth-order valence-corrected chi connectivity index (χ4v) is 3.50. The first-order valence-electron chi connectivity index (χ1n) is 7.60. The minimum absolute atomic E-state index is 0.613. The Labute approximate surface area is 109 Å². The first kappa shape index (κ1) is 12.2. The van der Waals surface area contributed by atoms with Crippen LogP contribution in [-0.2, 0) is 6.42 Å². The van der Waals surface area contributed by atoms with Crippen LogP contribution in [0.1, 0.15) is 68.6 Å². The summed E-state index contributed by atoms with van der Waals surface area (Å²) in [5.41, 5.74) is 1.41. The third-order valence-corrected chi connectivity index (χ3v) is 4.57. The van der Waals surface area contributed by atoms with Crippen LogP contribution in [0.3, 0.4) is 0 Å². The maximum atomic E-state index is 5.53. The molecule has 100 valence electrons. The van der Waals surface area contributed by atoms with Crippen molar-refractivity contribution in [3.63, 3.8) is 0 Å². The molecule has 1 aromatic rings. The predicted octanol–water partition coefficient (Wildman–Crippen LogP) is 3.41. The second kappa shape index (κ2) is 5.87. The van der Waals surface area contributed by atoms with Gasteiger partial charge in [0.1, 0.15) is 5.76 Å². The van der Waals surface area contributed by atoms with Crippen molar-refractivity contribution in [3.8, 4) is 0 Å². The van der Waals surface area contributed by atoms with Gasteiger partial charge >= 0.3 is 0 Å². The second-order valence-corrected chi connectivity index (χ2v) is 5.89. The Bertz CT molecular complexity index is 360. The Morgan fingerprint density at radius 3 is 2.67 bits per heavy atom. The number of nitrogens with zero attached hydrogens (tertiary/aromatic N) is 1. The molecule has 0 bridgehead atoms. The number of rotatable bonds is 3. The number of nitrogens with one attached hydrogen (secondary N) is 1. The van der Waals surface area contributed by atoms with E-state index in [0.717, 1.165) is 18.7 Å². The summed E-state index contributed by atoms with van der Waals surface area (Å²) in [4.78, 5) is 0. The van der Waals surface area contributed by atoms with Crippen LogP contribution < -0.4 is 5.32 Å². The highest BCUT2D eigenvalue weighted by atomic mass is 16.5. The van der Waals surface area contributed by atoms with Gasteiger partial charge in [0, 0.05) is 18.0 Å². The molecule has 0 aromatic carbocycles. The lowest BCUT2D eigenvalue weighted by molar-refractivity contribution is 0.365. The molecule has 1 atom stereocenters. The smallest absolute Gasteiger partial charge is 0.141 e. The molecule has 1 unspecified atom stereocenters. The maximum absolute atomic E-state index is 5.53. The highest BCUT2D eigenvalue weighted by molar-refractivity contribution is 5.20. The zero-order chi connectivity index (χ0) is 12.2. The van der Waals surface area contributed by atoms with Crippen LogP contribution in [0.2, 0.25) is 0 Å². The second-order valence-electron chi connectivity index (χ2n) is 5.89. The Balaban J connectivity index is 1.69. The highest BCUT2D eigenvalue weighted by Crippen LogP contribution is 2.34. The van der Waals surface area contributed by atoms with Crippen LogP contribution in [0, 0.1) is 0 Å². The van der Waals surface area contributed by atoms with E-state index in [1.165, 1.54) is 56.9 Å². The number of hydrogen-bond acceptors (Lipinski definition) is 3. The van der Waals surface area contributed by atoms with Crippen molar-refractivity contribution in [2.45, 2.75) is 69.7 Å². The van der Waals surface area contributed by atoms with Crippen LogP contribution in [0.5, 0.6) is 0 Å². The molecule has 0 spiro atoms. The molecule has 1 N–H and O–H groups in total. The molecular formula is C15H24N2O. The lowest BCUT2D eigenvalue weighted by Gasteiger charge is -2.14. The first-order valence-corrected chi connectivity index (χ1v) is 7.60. The Morgan fingerprint density at radius 1 is 1.11 bits per heavy atom. The third-order valence-electron chi connectivity index (χ3n) is 4.57. The van der Waals surface area contributed by atoms with Crippen molar-refractivity contribution in [2.75, 3.05) is 6.54 Å². The average Bonchev–Trinajstić information content (AvgIpc) is 2.97. The van der Waals surface area contributed by atoms with E-state index in [2.05, 4.69) is 10.5 Å². The van der Waals surface area contributed by atoms with E-state index in [4.69, 9.17) is 4.52 Å². The normalized spacial score (nSPS) is 26.3. The molecule has 3 nitrogen and oxygen atoms in total. The van der Waals surface area contributed by atoms with E-state index in [9.17, 15) is 0 Å². The SMILES string of the molecule is c1noc(CC2CCCN2)c1C1CCCCCC1. The summed E-state index contributed by atoms with van der Waals surface area (Å²) in [6.07, 6.45) is 13.8. The minimum atomic E-state index is 0.613. The largest absolute Gasteiger partial charge is 0.361 e. The van der Waals surface area contributed by atoms with Crippen LogP contribution >= 0.6 is 0 Å². The van der Waals surface area contributed by atoms with Crippen molar-refractivity contribution >= 4 is 0 Å². The van der Waals surface area contributed by atoms with Crippen molar-refractivity contribution in [1.82, 2.24) is 10.5 Å². The van der Waals surface area contributed by atoms with Crippen molar-refractivity contribution in [3.05, 3.63) is 17.5 Å². The molecule has 0 amide bonds. The monoisotopic (exact) mass is 248 g/mol. The lowest BCUT2D eigenvalue weighted by atomic mass is 9.91. The van der Waals surface area contributed by atoms with Gasteiger partial charge in [-0.3, -0.25) is 0 Å². The van der Waals surface area contributed by atoms with Gasteiger partial charge in [-0.1, -0.05) is 30.8 Å². The summed E-state index contributed by atoms with van der Waals surface area (Å²) in [7, 11) is 0. The van der Waals surface area contributed by atoms with Crippen molar-refractivity contribution in [1.29, 1.82) is 0 Å². The molecule has 1 saturated heterocycles. The average molecular weight is 248 g/mol. The maximum Gasteiger partial charge on any atom is 0.141 e. The molecule has 3 heteroatoms. The number of aromatic nitrogens is 1. The lowest BCUT2D eigenvalue weighted by Crippen LogP contribution is -2.24. The van der Waals surface area contributed by atoms with Gasteiger partial charge in [-0.2, -0.15) is 0 Å². The fraction of sp³-hybridized carbons (Fsp3) is 0.800. The third kappa shape index (κ3) is 2.77. The van der Waals surface area contributed by atoms with Gasteiger partial charge in [-0.05, 0) is 38.1 Å². The van der Waals surface area contributed by atoms with E-state index >= 15 is 0 Å². The molecule has 3 rings (SSSR count). The molecule has 1 aliphatic carbocycles. The van der Waals surface area contributed by atoms with Gasteiger partial charge in [-0.15, -0.1) is 0 Å². The molecule has 2 heterocycles. The standard InChI is InChI=1S/C15H24N2O/c1-2-4-7-12(6-3-1)14-11-17-18-15(14)10-13-8-5-9-16-13/h11-13,16H,1-10H2. The molecule has 2 fully saturated rings. The fourth-order valence-electron chi connectivity index (χ4n) is 3.50. The van der Waals surface area contributed by atoms with Gasteiger partial charge in [-0.25, -0.2) is 0 Å². The molecule has 18 heavy (non-hydrogen) atoms. The minimum Gasteiger partial charge on any atom is -0.361 e. The van der Waals surface area contributed by atoms with Crippen LogP contribution in [0.25, 0.3) is 0 Å². The van der Waals surface area contributed by atoms with E-state index in [0.29, 0.717) is 12.0 Å². The summed E-state index contributed by atoms with van der Waals surface area (Å²) in [5.74, 6) is 1.86. The topological polar surface area (TPSA) is 38.1 Å². The summed E-state index contributed by atoms with van der Waals surface area (Å²) in [5, 5.41) is 7.62. The van der Waals surface area contributed by atoms with Crippen LogP contribution in [-0.4, -0.2) is 17.7 Å². The quantitative estimate of drug-likeness (QED) is 0.833. The van der Waals surface area contributed by atoms with Crippen LogP contribution in [0.4, 0.5) is 0 Å². The molecule has 1 aliphatic heterocycles. The molecular weight excluding hydrogens is 224 g/mol. The molecule has 2 aliphatic rings. The zero-order valence-corrected chi connectivity index (χ0v) is 11.2. The summed E-state index contributed by atoms with van der Waals surface area (Å²) in [6, 6.07) is 0.613. The molecule has 1 aromatic heterocycles. The predicted molar refractivity (Wildman–Crippen MR) is 71.7 cm³/mol. The van der Waals surface area contributed by atoms with Crippen LogP contribution in [0.15, 0.2) is 10.7 Å². The van der Waals surface area contributed by atoms with E-state index in [1.807, 2.05) is 6.20 Å².